The van der Waals surface area contributed by atoms with Gasteiger partial charge in [-0.3, -0.25) is 10.1 Å². The lowest BCUT2D eigenvalue weighted by Gasteiger charge is -2.21. The van der Waals surface area contributed by atoms with Crippen molar-refractivity contribution in [2.75, 3.05) is 7.05 Å². The molecule has 3 rings (SSSR count). The number of hydrogen-bond donors (Lipinski definition) is 1. The normalized spacial score (nSPS) is 25.0. The predicted octanol–water partition coefficient (Wildman–Crippen LogP) is 3.08. The Bertz CT molecular complexity index is 564. The van der Waals surface area contributed by atoms with Crippen LogP contribution in [0.3, 0.4) is 0 Å². The van der Waals surface area contributed by atoms with Crippen LogP contribution in [0.4, 0.5) is 13.2 Å². The van der Waals surface area contributed by atoms with Crippen LogP contribution in [0.1, 0.15) is 43.0 Å². The van der Waals surface area contributed by atoms with Gasteiger partial charge in [-0.1, -0.05) is 25.0 Å². The van der Waals surface area contributed by atoms with Gasteiger partial charge in [0, 0.05) is 7.05 Å². The third-order valence-electron chi connectivity index (χ3n) is 4.52. The zero-order valence-electron chi connectivity index (χ0n) is 11.7. The molecule has 1 saturated heterocycles. The number of amides is 1. The van der Waals surface area contributed by atoms with E-state index in [1.807, 2.05) is 0 Å². The van der Waals surface area contributed by atoms with E-state index in [1.165, 1.54) is 11.0 Å². The molecule has 1 aromatic rings. The molecule has 21 heavy (non-hydrogen) atoms. The second-order valence-corrected chi connectivity index (χ2v) is 5.88. The van der Waals surface area contributed by atoms with E-state index in [0.717, 1.165) is 37.8 Å². The van der Waals surface area contributed by atoms with Gasteiger partial charge in [0.15, 0.2) is 0 Å². The molecule has 1 saturated carbocycles. The monoisotopic (exact) mass is 298 g/mol. The minimum absolute atomic E-state index is 0.0117. The van der Waals surface area contributed by atoms with Gasteiger partial charge in [0.05, 0.1) is 11.1 Å². The summed E-state index contributed by atoms with van der Waals surface area (Å²) >= 11 is 0. The van der Waals surface area contributed by atoms with Crippen molar-refractivity contribution < 1.29 is 18.0 Å². The van der Waals surface area contributed by atoms with Crippen LogP contribution < -0.4 is 5.32 Å². The number of likely N-dealkylation sites (N-methyl/N-ethyl adjacent to an activating group) is 1. The topological polar surface area (TPSA) is 32.3 Å². The fraction of sp³-hybridized carbons (Fsp3) is 0.533. The molecule has 1 amide bonds. The van der Waals surface area contributed by atoms with Crippen LogP contribution in [0.25, 0.3) is 0 Å². The largest absolute Gasteiger partial charge is 0.416 e. The Balaban J connectivity index is 1.93. The maximum atomic E-state index is 12.8. The highest BCUT2D eigenvalue weighted by atomic mass is 19.4. The molecule has 1 unspecified atom stereocenters. The number of halogens is 3. The summed E-state index contributed by atoms with van der Waals surface area (Å²) in [4.78, 5) is 14.0. The van der Waals surface area contributed by atoms with Crippen LogP contribution in [-0.4, -0.2) is 23.4 Å². The highest BCUT2D eigenvalue weighted by molar-refractivity contribution is 5.89. The van der Waals surface area contributed by atoms with Crippen LogP contribution in [0.2, 0.25) is 0 Å². The summed E-state index contributed by atoms with van der Waals surface area (Å²) in [5.41, 5.74) is -0.785. The third kappa shape index (κ3) is 2.31. The van der Waals surface area contributed by atoms with Crippen molar-refractivity contribution >= 4 is 5.91 Å². The first-order valence-electron chi connectivity index (χ1n) is 7.06. The second kappa shape index (κ2) is 4.73. The van der Waals surface area contributed by atoms with Crippen molar-refractivity contribution in [1.29, 1.82) is 0 Å². The smallest absolute Gasteiger partial charge is 0.324 e. The van der Waals surface area contributed by atoms with Crippen molar-refractivity contribution in [2.24, 2.45) is 0 Å². The zero-order valence-corrected chi connectivity index (χ0v) is 11.7. The van der Waals surface area contributed by atoms with Crippen LogP contribution >= 0.6 is 0 Å². The van der Waals surface area contributed by atoms with Gasteiger partial charge in [-0.25, -0.2) is 0 Å². The molecule has 1 atom stereocenters. The number of nitrogens with zero attached hydrogens (tertiary/aromatic N) is 1. The molecule has 1 spiro atoms. The van der Waals surface area contributed by atoms with Gasteiger partial charge in [0.1, 0.15) is 6.17 Å². The number of benzene rings is 1. The number of carbonyl (C=O) groups excluding carboxylic acids is 1. The van der Waals surface area contributed by atoms with E-state index in [9.17, 15) is 18.0 Å². The van der Waals surface area contributed by atoms with Gasteiger partial charge < -0.3 is 4.90 Å². The molecule has 2 aliphatic rings. The van der Waals surface area contributed by atoms with Crippen LogP contribution in [0.15, 0.2) is 24.3 Å². The number of rotatable bonds is 1. The van der Waals surface area contributed by atoms with Crippen LogP contribution in [-0.2, 0) is 11.0 Å². The first-order valence-corrected chi connectivity index (χ1v) is 7.06. The van der Waals surface area contributed by atoms with Crippen molar-refractivity contribution in [3.05, 3.63) is 35.4 Å². The lowest BCUT2D eigenvalue weighted by molar-refractivity contribution is -0.137. The Morgan fingerprint density at radius 2 is 1.95 bits per heavy atom. The van der Waals surface area contributed by atoms with Crippen LogP contribution in [0, 0.1) is 0 Å². The van der Waals surface area contributed by atoms with Gasteiger partial charge in [0.2, 0.25) is 5.91 Å². The molecule has 0 radical (unpaired) electrons. The number of nitrogens with one attached hydrogen (secondary N) is 1. The van der Waals surface area contributed by atoms with Crippen molar-refractivity contribution in [1.82, 2.24) is 10.2 Å². The van der Waals surface area contributed by atoms with Gasteiger partial charge in [-0.05, 0) is 30.5 Å². The van der Waals surface area contributed by atoms with Crippen molar-refractivity contribution in [3.63, 3.8) is 0 Å². The van der Waals surface area contributed by atoms with E-state index in [0.29, 0.717) is 5.56 Å². The standard InChI is InChI=1S/C15H17F3N2O/c1-20-12(19-14(13(20)21)7-2-3-8-14)10-5-4-6-11(9-10)15(16,17)18/h4-6,9,12,19H,2-3,7-8H2,1H3. The molecule has 114 valence electrons. The second-order valence-electron chi connectivity index (χ2n) is 5.88. The number of carbonyl (C=O) groups is 1. The van der Waals surface area contributed by atoms with Gasteiger partial charge in [0.25, 0.3) is 0 Å². The molecule has 1 aliphatic carbocycles. The summed E-state index contributed by atoms with van der Waals surface area (Å²) in [6, 6.07) is 5.18. The SMILES string of the molecule is CN1C(=O)C2(CCCC2)NC1c1cccc(C(F)(F)F)c1. The molecule has 1 heterocycles. The lowest BCUT2D eigenvalue weighted by atomic mass is 9.98. The fourth-order valence-electron chi connectivity index (χ4n) is 3.40. The van der Waals surface area contributed by atoms with Crippen molar-refractivity contribution in [3.8, 4) is 0 Å². The Labute approximate surface area is 121 Å². The number of hydrogen-bond acceptors (Lipinski definition) is 2. The third-order valence-corrected chi connectivity index (χ3v) is 4.52. The van der Waals surface area contributed by atoms with Gasteiger partial charge in [-0.15, -0.1) is 0 Å². The highest BCUT2D eigenvalue weighted by Gasteiger charge is 2.51. The Kier molecular flexibility index (Phi) is 3.24. The first-order chi connectivity index (χ1) is 9.83. The molecule has 3 nitrogen and oxygen atoms in total. The van der Waals surface area contributed by atoms with E-state index in [-0.39, 0.29) is 5.91 Å². The van der Waals surface area contributed by atoms with Gasteiger partial charge in [-0.2, -0.15) is 13.2 Å². The average Bonchev–Trinajstić information content (AvgIpc) is 3.00. The Hall–Kier alpha value is -1.56. The molecular weight excluding hydrogens is 281 g/mol. The summed E-state index contributed by atoms with van der Waals surface area (Å²) < 4.78 is 38.5. The fourth-order valence-corrected chi connectivity index (χ4v) is 3.40. The molecule has 0 bridgehead atoms. The number of alkyl halides is 3. The Morgan fingerprint density at radius 1 is 1.29 bits per heavy atom. The maximum Gasteiger partial charge on any atom is 0.416 e. The molecule has 1 aromatic carbocycles. The molecular formula is C15H17F3N2O. The molecule has 1 aliphatic heterocycles. The van der Waals surface area contributed by atoms with Gasteiger partial charge >= 0.3 is 6.18 Å². The molecule has 6 heteroatoms. The quantitative estimate of drug-likeness (QED) is 0.864. The van der Waals surface area contributed by atoms with E-state index >= 15 is 0 Å². The highest BCUT2D eigenvalue weighted by Crippen LogP contribution is 2.40. The van der Waals surface area contributed by atoms with E-state index in [4.69, 9.17) is 0 Å². The summed E-state index contributed by atoms with van der Waals surface area (Å²) in [6.45, 7) is 0. The van der Waals surface area contributed by atoms with E-state index in [1.54, 1.807) is 13.1 Å². The average molecular weight is 298 g/mol. The molecule has 0 aromatic heterocycles. The maximum absolute atomic E-state index is 12.8. The predicted molar refractivity (Wildman–Crippen MR) is 71.3 cm³/mol. The minimum Gasteiger partial charge on any atom is -0.324 e. The first kappa shape index (κ1) is 14.4. The van der Waals surface area contributed by atoms with Crippen molar-refractivity contribution in [2.45, 2.75) is 43.6 Å². The minimum atomic E-state index is -4.37. The zero-order chi connectivity index (χ0) is 15.3. The summed E-state index contributed by atoms with van der Waals surface area (Å²) in [5, 5.41) is 3.27. The van der Waals surface area contributed by atoms with Crippen LogP contribution in [0.5, 0.6) is 0 Å². The molecule has 1 N–H and O–H groups in total. The summed E-state index contributed by atoms with van der Waals surface area (Å²) in [7, 11) is 1.65. The summed E-state index contributed by atoms with van der Waals surface area (Å²) in [5.74, 6) is -0.0117. The van der Waals surface area contributed by atoms with E-state index < -0.39 is 23.4 Å². The van der Waals surface area contributed by atoms with E-state index in [2.05, 4.69) is 5.32 Å². The lowest BCUT2D eigenvalue weighted by Crippen LogP contribution is -2.43. The summed E-state index contributed by atoms with van der Waals surface area (Å²) in [6.07, 6.45) is -1.40. The Morgan fingerprint density at radius 3 is 2.57 bits per heavy atom. The molecule has 2 fully saturated rings.